The summed E-state index contributed by atoms with van der Waals surface area (Å²) < 4.78 is 4.57. The first-order chi connectivity index (χ1) is 35.0. The van der Waals surface area contributed by atoms with Crippen molar-refractivity contribution in [2.24, 2.45) is 0 Å². The summed E-state index contributed by atoms with van der Waals surface area (Å²) in [5.41, 5.74) is 16.4. The van der Waals surface area contributed by atoms with Crippen molar-refractivity contribution < 1.29 is 0 Å². The van der Waals surface area contributed by atoms with Crippen molar-refractivity contribution in [3.63, 3.8) is 0 Å². The number of pyridine rings is 1. The Hall–Kier alpha value is -9.19. The molecule has 5 heteroatoms. The maximum absolute atomic E-state index is 5.30. The van der Waals surface area contributed by atoms with Gasteiger partial charge in [-0.2, -0.15) is 0 Å². The highest BCUT2D eigenvalue weighted by molar-refractivity contribution is 6.26. The van der Waals surface area contributed by atoms with Gasteiger partial charge in [-0.25, -0.2) is 15.0 Å². The predicted molar refractivity (Wildman–Crippen MR) is 295 cm³/mol. The van der Waals surface area contributed by atoms with E-state index in [0.717, 1.165) is 61.3 Å². The molecule has 4 aromatic heterocycles. The van der Waals surface area contributed by atoms with Crippen LogP contribution in [-0.4, -0.2) is 24.1 Å². The highest BCUT2D eigenvalue weighted by Crippen LogP contribution is 2.53. The van der Waals surface area contributed by atoms with Gasteiger partial charge in [0.1, 0.15) is 5.65 Å². The molecule has 0 spiro atoms. The molecule has 0 unspecified atom stereocenters. The molecular formula is C66H43N5. The van der Waals surface area contributed by atoms with E-state index >= 15 is 0 Å². The Balaban J connectivity index is 0.927. The van der Waals surface area contributed by atoms with E-state index in [9.17, 15) is 0 Å². The Bertz CT molecular complexity index is 4470. The summed E-state index contributed by atoms with van der Waals surface area (Å²) >= 11 is 0. The fourth-order valence-corrected chi connectivity index (χ4v) is 11.9. The first-order valence-corrected chi connectivity index (χ1v) is 24.4. The molecule has 10 aromatic carbocycles. The molecule has 0 fully saturated rings. The Morgan fingerprint density at radius 2 is 0.831 bits per heavy atom. The number of benzene rings is 10. The van der Waals surface area contributed by atoms with Crippen LogP contribution < -0.4 is 0 Å². The fraction of sp³-hybridized carbons (Fsp3) is 0.0455. The van der Waals surface area contributed by atoms with E-state index in [1.807, 2.05) is 18.3 Å². The summed E-state index contributed by atoms with van der Waals surface area (Å²) in [6.45, 7) is 4.81. The number of aromatic nitrogens is 5. The molecule has 0 radical (unpaired) electrons. The molecule has 4 heterocycles. The van der Waals surface area contributed by atoms with Crippen LogP contribution in [0, 0.1) is 0 Å². The van der Waals surface area contributed by atoms with E-state index in [4.69, 9.17) is 15.0 Å². The van der Waals surface area contributed by atoms with E-state index in [2.05, 4.69) is 229 Å². The van der Waals surface area contributed by atoms with E-state index in [1.165, 1.54) is 76.4 Å². The lowest BCUT2D eigenvalue weighted by Crippen LogP contribution is -2.15. The van der Waals surface area contributed by atoms with Gasteiger partial charge in [-0.15, -0.1) is 0 Å². The largest absolute Gasteiger partial charge is 0.309 e. The van der Waals surface area contributed by atoms with Crippen LogP contribution in [0.25, 0.3) is 132 Å². The molecule has 15 rings (SSSR count). The number of hydrogen-bond donors (Lipinski definition) is 0. The summed E-state index contributed by atoms with van der Waals surface area (Å²) in [5.74, 6) is 0.583. The molecule has 0 N–H and O–H groups in total. The van der Waals surface area contributed by atoms with Crippen molar-refractivity contribution in [1.29, 1.82) is 0 Å². The highest BCUT2D eigenvalue weighted by Gasteiger charge is 2.37. The van der Waals surface area contributed by atoms with Gasteiger partial charge in [0.15, 0.2) is 0 Å². The summed E-state index contributed by atoms with van der Waals surface area (Å²) in [5, 5.41) is 12.4. The number of para-hydroxylation sites is 2. The van der Waals surface area contributed by atoms with Crippen molar-refractivity contribution in [3.05, 3.63) is 236 Å². The van der Waals surface area contributed by atoms with Crippen LogP contribution in [0.3, 0.4) is 0 Å². The lowest BCUT2D eigenvalue weighted by atomic mass is 9.81. The number of hydrogen-bond acceptors (Lipinski definition) is 3. The van der Waals surface area contributed by atoms with Gasteiger partial charge in [0, 0.05) is 55.5 Å². The Labute approximate surface area is 409 Å². The Morgan fingerprint density at radius 3 is 1.48 bits per heavy atom. The molecule has 0 saturated heterocycles. The van der Waals surface area contributed by atoms with Crippen LogP contribution in [-0.2, 0) is 5.41 Å². The third-order valence-corrected chi connectivity index (χ3v) is 15.3. The van der Waals surface area contributed by atoms with Crippen LogP contribution >= 0.6 is 0 Å². The first kappa shape index (κ1) is 39.8. The number of nitrogens with zero attached hydrogens (tertiary/aromatic N) is 5. The van der Waals surface area contributed by atoms with Gasteiger partial charge in [-0.05, 0) is 127 Å². The van der Waals surface area contributed by atoms with E-state index in [1.54, 1.807) is 0 Å². The summed E-state index contributed by atoms with van der Waals surface area (Å²) in [7, 11) is 0. The second-order valence-corrected chi connectivity index (χ2v) is 19.6. The van der Waals surface area contributed by atoms with Crippen molar-refractivity contribution in [2.45, 2.75) is 19.3 Å². The molecule has 332 valence electrons. The molecule has 1 aliphatic carbocycles. The van der Waals surface area contributed by atoms with Gasteiger partial charge in [0.2, 0.25) is 5.95 Å². The van der Waals surface area contributed by atoms with Crippen LogP contribution in [0.4, 0.5) is 0 Å². The van der Waals surface area contributed by atoms with Gasteiger partial charge in [0.25, 0.3) is 0 Å². The zero-order valence-corrected chi connectivity index (χ0v) is 39.1. The van der Waals surface area contributed by atoms with Gasteiger partial charge < -0.3 is 4.57 Å². The molecule has 71 heavy (non-hydrogen) atoms. The lowest BCUT2D eigenvalue weighted by Gasteiger charge is -2.22. The van der Waals surface area contributed by atoms with Crippen LogP contribution in [0.15, 0.2) is 225 Å². The zero-order chi connectivity index (χ0) is 47.0. The highest BCUT2D eigenvalue weighted by atomic mass is 15.2. The van der Waals surface area contributed by atoms with Crippen LogP contribution in [0.5, 0.6) is 0 Å². The third kappa shape index (κ3) is 5.84. The topological polar surface area (TPSA) is 48.5 Å². The van der Waals surface area contributed by atoms with Crippen molar-refractivity contribution in [3.8, 4) is 56.4 Å². The fourth-order valence-electron chi connectivity index (χ4n) is 11.9. The third-order valence-electron chi connectivity index (χ3n) is 15.3. The molecule has 0 atom stereocenters. The van der Waals surface area contributed by atoms with Crippen LogP contribution in [0.1, 0.15) is 25.0 Å². The second-order valence-electron chi connectivity index (χ2n) is 19.6. The molecule has 0 aliphatic heterocycles. The zero-order valence-electron chi connectivity index (χ0n) is 39.1. The maximum Gasteiger partial charge on any atom is 0.237 e. The van der Waals surface area contributed by atoms with Gasteiger partial charge in [0.05, 0.1) is 27.9 Å². The van der Waals surface area contributed by atoms with Crippen LogP contribution in [0.2, 0.25) is 0 Å². The van der Waals surface area contributed by atoms with Gasteiger partial charge in [-0.3, -0.25) is 4.57 Å². The molecular weight excluding hydrogens is 863 g/mol. The smallest absolute Gasteiger partial charge is 0.237 e. The minimum absolute atomic E-state index is 0.228. The SMILES string of the molecule is CC1(C)c2cc3c4ccccc4c4ccccc4c3cc2-c2cc3c(cc21)c1cc(-c2cnc4c(c2)c2ccccc2n4-c2nc(-c4ccccc4)cc(-c4ccccc4)n2)ccc1n3-c1ccccc1. The van der Waals surface area contributed by atoms with Crippen molar-refractivity contribution in [2.75, 3.05) is 0 Å². The number of rotatable bonds is 5. The lowest BCUT2D eigenvalue weighted by molar-refractivity contribution is 0.662. The summed E-state index contributed by atoms with van der Waals surface area (Å²) in [6, 6.07) is 79.1. The minimum Gasteiger partial charge on any atom is -0.309 e. The quantitative estimate of drug-likeness (QED) is 0.162. The monoisotopic (exact) mass is 905 g/mol. The molecule has 1 aliphatic rings. The van der Waals surface area contributed by atoms with E-state index in [0.29, 0.717) is 5.95 Å². The van der Waals surface area contributed by atoms with E-state index < -0.39 is 0 Å². The summed E-state index contributed by atoms with van der Waals surface area (Å²) in [6.07, 6.45) is 2.02. The number of fused-ring (bicyclic) bond motifs is 15. The average Bonchev–Trinajstić information content (AvgIpc) is 4.02. The minimum atomic E-state index is -0.228. The molecule has 0 amide bonds. The average molecular weight is 906 g/mol. The molecule has 14 aromatic rings. The Kier molecular flexibility index (Phi) is 8.35. The van der Waals surface area contributed by atoms with Gasteiger partial charge >= 0.3 is 0 Å². The standard InChI is InChI=1S/C66H43N5/c1-66(2)57-35-51-48-27-15-13-25-46(48)45-24-12-14-26-47(45)50(51)34-52(57)53-37-63-55(36-58(53)66)54-32-42(30-31-62(54)70(63)44-22-10-5-11-23-44)43-33-56-49-28-16-17-29-61(49)71(64(56)67-39-43)65-68-59(40-18-6-3-7-19-40)38-60(69-65)41-20-8-4-9-21-41/h3-39H,1-2H3. The van der Waals surface area contributed by atoms with E-state index in [-0.39, 0.29) is 5.41 Å². The summed E-state index contributed by atoms with van der Waals surface area (Å²) in [4.78, 5) is 15.8. The Morgan fingerprint density at radius 1 is 0.338 bits per heavy atom. The van der Waals surface area contributed by atoms with Gasteiger partial charge in [-0.1, -0.05) is 166 Å². The van der Waals surface area contributed by atoms with Crippen molar-refractivity contribution >= 4 is 76.1 Å². The normalized spacial score (nSPS) is 13.0. The maximum atomic E-state index is 5.30. The molecule has 0 saturated carbocycles. The molecule has 5 nitrogen and oxygen atoms in total. The first-order valence-electron chi connectivity index (χ1n) is 24.4. The predicted octanol–water partition coefficient (Wildman–Crippen LogP) is 16.8. The van der Waals surface area contributed by atoms with Crippen molar-refractivity contribution in [1.82, 2.24) is 24.1 Å². The second kappa shape index (κ2) is 14.9. The molecule has 0 bridgehead atoms.